The van der Waals surface area contributed by atoms with Gasteiger partial charge in [-0.1, -0.05) is 11.8 Å². The minimum atomic E-state index is -3.11. The number of thioether (sulfide) groups is 1. The van der Waals surface area contributed by atoms with Crippen molar-refractivity contribution in [1.82, 2.24) is 0 Å². The van der Waals surface area contributed by atoms with Gasteiger partial charge in [0, 0.05) is 24.1 Å². The normalized spacial score (nSPS) is 27.6. The topological polar surface area (TPSA) is 94.5 Å². The van der Waals surface area contributed by atoms with Crippen molar-refractivity contribution in [1.29, 1.82) is 0 Å². The van der Waals surface area contributed by atoms with Gasteiger partial charge in [0.05, 0.1) is 17.5 Å². The number of hydrogen-bond acceptors (Lipinski definition) is 7. The van der Waals surface area contributed by atoms with Crippen LogP contribution in [-0.2, 0) is 19.4 Å². The lowest BCUT2D eigenvalue weighted by Gasteiger charge is -2.26. The second-order valence-electron chi connectivity index (χ2n) is 6.22. The van der Waals surface area contributed by atoms with Crippen molar-refractivity contribution in [2.24, 2.45) is 4.99 Å². The van der Waals surface area contributed by atoms with E-state index in [0.717, 1.165) is 5.69 Å². The van der Waals surface area contributed by atoms with Crippen molar-refractivity contribution in [2.75, 3.05) is 43.3 Å². The first kappa shape index (κ1) is 17.6. The molecular weight excluding hydrogens is 380 g/mol. The molecule has 1 aromatic carbocycles. The van der Waals surface area contributed by atoms with Crippen molar-refractivity contribution < 1.29 is 27.4 Å². The number of hydrogen-bond donors (Lipinski definition) is 0. The van der Waals surface area contributed by atoms with E-state index in [4.69, 9.17) is 14.2 Å². The first-order chi connectivity index (χ1) is 12.5. The average molecular weight is 398 g/mol. The van der Waals surface area contributed by atoms with Gasteiger partial charge >= 0.3 is 0 Å². The van der Waals surface area contributed by atoms with E-state index in [-0.39, 0.29) is 29.4 Å². The third-order valence-electron chi connectivity index (χ3n) is 4.36. The fourth-order valence-corrected chi connectivity index (χ4v) is 7.24. The molecule has 2 saturated heterocycles. The van der Waals surface area contributed by atoms with Gasteiger partial charge in [-0.3, -0.25) is 4.79 Å². The largest absolute Gasteiger partial charge is 0.486 e. The van der Waals surface area contributed by atoms with Crippen LogP contribution in [0, 0.1) is 0 Å². The summed E-state index contributed by atoms with van der Waals surface area (Å²) in [4.78, 5) is 17.9. The van der Waals surface area contributed by atoms with E-state index in [2.05, 4.69) is 4.99 Å². The van der Waals surface area contributed by atoms with Crippen LogP contribution in [0.2, 0.25) is 0 Å². The lowest BCUT2D eigenvalue weighted by molar-refractivity contribution is -0.121. The third kappa shape index (κ3) is 3.28. The molecule has 140 valence electrons. The van der Waals surface area contributed by atoms with Gasteiger partial charge in [-0.15, -0.1) is 0 Å². The molecule has 0 unspecified atom stereocenters. The molecule has 0 bridgehead atoms. The van der Waals surface area contributed by atoms with Gasteiger partial charge in [0.1, 0.15) is 19.8 Å². The maximum Gasteiger partial charge on any atom is 0.274 e. The number of amides is 1. The number of amidine groups is 1. The Labute approximate surface area is 155 Å². The summed E-state index contributed by atoms with van der Waals surface area (Å²) in [5.74, 6) is 0.972. The van der Waals surface area contributed by atoms with E-state index in [9.17, 15) is 13.2 Å². The molecule has 2 fully saturated rings. The van der Waals surface area contributed by atoms with Crippen LogP contribution in [0.5, 0.6) is 11.5 Å². The van der Waals surface area contributed by atoms with Crippen molar-refractivity contribution in [3.8, 4) is 11.5 Å². The number of benzene rings is 1. The summed E-state index contributed by atoms with van der Waals surface area (Å²) in [5, 5.41) is 0.343. The summed E-state index contributed by atoms with van der Waals surface area (Å²) in [7, 11) is -1.68. The second-order valence-corrected chi connectivity index (χ2v) is 9.58. The van der Waals surface area contributed by atoms with Crippen LogP contribution in [0.1, 0.15) is 0 Å². The summed E-state index contributed by atoms with van der Waals surface area (Å²) >= 11 is 1.33. The Hall–Kier alpha value is -1.78. The summed E-state index contributed by atoms with van der Waals surface area (Å²) in [6.07, 6.45) is 0. The number of aliphatic imine (C=N–C) groups is 1. The minimum absolute atomic E-state index is 0.0383. The molecule has 10 heteroatoms. The summed E-state index contributed by atoms with van der Waals surface area (Å²) in [5.41, 5.74) is 0.732. The van der Waals surface area contributed by atoms with Crippen molar-refractivity contribution in [3.05, 3.63) is 18.2 Å². The van der Waals surface area contributed by atoms with Crippen LogP contribution in [-0.4, -0.2) is 69.2 Å². The lowest BCUT2D eigenvalue weighted by Crippen LogP contribution is -2.38. The zero-order chi connectivity index (χ0) is 18.3. The molecule has 0 spiro atoms. The molecule has 0 radical (unpaired) electrons. The van der Waals surface area contributed by atoms with Gasteiger partial charge in [-0.25, -0.2) is 8.42 Å². The predicted molar refractivity (Wildman–Crippen MR) is 98.0 cm³/mol. The van der Waals surface area contributed by atoms with Crippen LogP contribution >= 0.6 is 11.8 Å². The number of rotatable bonds is 3. The first-order valence-electron chi connectivity index (χ1n) is 8.13. The maximum atomic E-state index is 12.1. The fraction of sp³-hybridized carbons (Fsp3) is 0.500. The molecule has 0 aliphatic carbocycles. The van der Waals surface area contributed by atoms with Gasteiger partial charge < -0.3 is 19.1 Å². The Kier molecular flexibility index (Phi) is 4.57. The standard InChI is InChI=1S/C16H18N2O6S2/c1-22-7-15(19)17-16-18(11-8-26(20,21)9-14(11)25-16)10-2-3-12-13(6-10)24-5-4-23-12/h2-3,6,11,14H,4-5,7-9H2,1H3/t11-,14-/m0/s1. The van der Waals surface area contributed by atoms with Crippen LogP contribution in [0.3, 0.4) is 0 Å². The molecule has 0 aromatic heterocycles. The van der Waals surface area contributed by atoms with E-state index in [1.54, 1.807) is 12.1 Å². The molecule has 3 heterocycles. The Balaban J connectivity index is 1.72. The smallest absolute Gasteiger partial charge is 0.274 e. The van der Waals surface area contributed by atoms with Crippen LogP contribution < -0.4 is 14.4 Å². The Bertz CT molecular complexity index is 869. The molecule has 3 aliphatic rings. The Morgan fingerprint density at radius 1 is 1.31 bits per heavy atom. The highest BCUT2D eigenvalue weighted by atomic mass is 32.2. The van der Waals surface area contributed by atoms with Gasteiger partial charge in [0.2, 0.25) is 0 Å². The van der Waals surface area contributed by atoms with E-state index >= 15 is 0 Å². The first-order valence-corrected chi connectivity index (χ1v) is 10.8. The predicted octanol–water partition coefficient (Wildman–Crippen LogP) is 0.706. The summed E-state index contributed by atoms with van der Waals surface area (Å²) < 4.78 is 40.2. The zero-order valence-corrected chi connectivity index (χ0v) is 15.7. The molecule has 2 atom stereocenters. The van der Waals surface area contributed by atoms with E-state index < -0.39 is 15.7 Å². The van der Waals surface area contributed by atoms with Crippen molar-refractivity contribution >= 4 is 38.4 Å². The number of carbonyl (C=O) groups excluding carboxylic acids is 1. The molecular formula is C16H18N2O6S2. The second kappa shape index (κ2) is 6.75. The number of anilines is 1. The molecule has 1 amide bonds. The minimum Gasteiger partial charge on any atom is -0.486 e. The highest BCUT2D eigenvalue weighted by molar-refractivity contribution is 8.16. The molecule has 1 aromatic rings. The monoisotopic (exact) mass is 398 g/mol. The molecule has 26 heavy (non-hydrogen) atoms. The number of nitrogens with zero attached hydrogens (tertiary/aromatic N) is 2. The Morgan fingerprint density at radius 2 is 2.08 bits per heavy atom. The molecule has 0 N–H and O–H groups in total. The highest BCUT2D eigenvalue weighted by Crippen LogP contribution is 2.43. The number of sulfone groups is 1. The summed E-state index contributed by atoms with van der Waals surface area (Å²) in [6, 6.07) is 5.16. The summed E-state index contributed by atoms with van der Waals surface area (Å²) in [6.45, 7) is 0.832. The number of ether oxygens (including phenoxy) is 3. The van der Waals surface area contributed by atoms with Crippen LogP contribution in [0.15, 0.2) is 23.2 Å². The van der Waals surface area contributed by atoms with Gasteiger partial charge in [0.25, 0.3) is 5.91 Å². The Morgan fingerprint density at radius 3 is 2.85 bits per heavy atom. The van der Waals surface area contributed by atoms with E-state index in [1.807, 2.05) is 11.0 Å². The lowest BCUT2D eigenvalue weighted by atomic mass is 10.2. The van der Waals surface area contributed by atoms with Gasteiger partial charge in [-0.05, 0) is 12.1 Å². The van der Waals surface area contributed by atoms with E-state index in [0.29, 0.717) is 29.9 Å². The third-order valence-corrected chi connectivity index (χ3v) is 7.57. The highest BCUT2D eigenvalue weighted by Gasteiger charge is 2.49. The molecule has 0 saturated carbocycles. The van der Waals surface area contributed by atoms with Gasteiger partial charge in [0.15, 0.2) is 26.5 Å². The molecule has 3 aliphatic heterocycles. The SMILES string of the molecule is COCC(=O)N=C1S[C@H]2CS(=O)(=O)C[C@@H]2N1c1ccc2c(c1)OCCO2. The van der Waals surface area contributed by atoms with Gasteiger partial charge in [-0.2, -0.15) is 4.99 Å². The number of methoxy groups -OCH3 is 1. The zero-order valence-electron chi connectivity index (χ0n) is 14.1. The molecule has 8 nitrogen and oxygen atoms in total. The quantitative estimate of drug-likeness (QED) is 0.735. The van der Waals surface area contributed by atoms with Crippen molar-refractivity contribution in [3.63, 3.8) is 0 Å². The van der Waals surface area contributed by atoms with Crippen LogP contribution in [0.25, 0.3) is 0 Å². The fourth-order valence-electron chi connectivity index (χ4n) is 3.31. The van der Waals surface area contributed by atoms with E-state index in [1.165, 1.54) is 18.9 Å². The average Bonchev–Trinajstić information content (AvgIpc) is 3.05. The number of carbonyl (C=O) groups is 1. The number of fused-ring (bicyclic) bond motifs is 2. The molecule has 4 rings (SSSR count). The van der Waals surface area contributed by atoms with Crippen LogP contribution in [0.4, 0.5) is 5.69 Å². The van der Waals surface area contributed by atoms with Crippen molar-refractivity contribution in [2.45, 2.75) is 11.3 Å². The maximum absolute atomic E-state index is 12.1.